The molecule has 2 heterocycles. The highest BCUT2D eigenvalue weighted by molar-refractivity contribution is 7.87. The molecule has 4 fully saturated rings. The van der Waals surface area contributed by atoms with E-state index in [9.17, 15) is 18.0 Å². The minimum atomic E-state index is -3.90. The molecule has 2 saturated carbocycles. The number of carbonyl (C=O) groups is 2. The maximum Gasteiger partial charge on any atom is 0.310 e. The Balaban J connectivity index is 1.17. The quantitative estimate of drug-likeness (QED) is 0.438. The Bertz CT molecular complexity index is 1030. The molecule has 0 amide bonds. The van der Waals surface area contributed by atoms with Crippen molar-refractivity contribution in [3.8, 4) is 5.75 Å². The molecule has 8 heteroatoms. The second kappa shape index (κ2) is 8.08. The van der Waals surface area contributed by atoms with Gasteiger partial charge in [-0.05, 0) is 54.7 Å². The highest BCUT2D eigenvalue weighted by Crippen LogP contribution is 2.64. The zero-order valence-electron chi connectivity index (χ0n) is 19.2. The topological polar surface area (TPSA) is 96.0 Å². The Hall–Kier alpha value is -1.93. The monoisotopic (exact) mass is 476 g/mol. The summed E-state index contributed by atoms with van der Waals surface area (Å²) in [5.41, 5.74) is -0.0914. The highest BCUT2D eigenvalue weighted by atomic mass is 32.2. The summed E-state index contributed by atoms with van der Waals surface area (Å²) in [7, 11) is -3.90. The van der Waals surface area contributed by atoms with Gasteiger partial charge in [-0.1, -0.05) is 26.0 Å². The van der Waals surface area contributed by atoms with Crippen LogP contribution in [0.4, 0.5) is 0 Å². The normalized spacial score (nSPS) is 34.8. The van der Waals surface area contributed by atoms with Crippen LogP contribution in [0.2, 0.25) is 0 Å². The number of carbonyl (C=O) groups excluding carboxylic acids is 2. The molecule has 2 saturated heterocycles. The van der Waals surface area contributed by atoms with Crippen LogP contribution in [0.5, 0.6) is 5.75 Å². The van der Waals surface area contributed by atoms with Crippen LogP contribution in [0.1, 0.15) is 64.4 Å². The van der Waals surface area contributed by atoms with Crippen LogP contribution >= 0.6 is 0 Å². The van der Waals surface area contributed by atoms with Gasteiger partial charge in [0.05, 0.1) is 29.8 Å². The Morgan fingerprint density at radius 3 is 2.45 bits per heavy atom. The van der Waals surface area contributed by atoms with E-state index in [2.05, 4.69) is 0 Å². The van der Waals surface area contributed by atoms with Gasteiger partial charge in [-0.25, -0.2) is 0 Å². The summed E-state index contributed by atoms with van der Waals surface area (Å²) in [5.74, 6) is 0.168. The lowest BCUT2D eigenvalue weighted by molar-refractivity contribution is -0.184. The number of benzene rings is 1. The largest absolute Gasteiger partial charge is 0.462 e. The van der Waals surface area contributed by atoms with Crippen LogP contribution < -0.4 is 4.18 Å². The van der Waals surface area contributed by atoms with Crippen molar-refractivity contribution in [3.05, 3.63) is 29.8 Å². The molecule has 7 nitrogen and oxygen atoms in total. The zero-order valence-corrected chi connectivity index (χ0v) is 20.1. The number of hydrogen-bond acceptors (Lipinski definition) is 7. The lowest BCUT2D eigenvalue weighted by Gasteiger charge is -2.38. The summed E-state index contributed by atoms with van der Waals surface area (Å²) in [6.07, 6.45) is 5.40. The summed E-state index contributed by atoms with van der Waals surface area (Å²) in [5, 5.41) is 0. The van der Waals surface area contributed by atoms with E-state index >= 15 is 0 Å². The van der Waals surface area contributed by atoms with Gasteiger partial charge in [0.1, 0.15) is 17.6 Å². The second-order valence-electron chi connectivity index (χ2n) is 10.8. The maximum atomic E-state index is 12.9. The van der Waals surface area contributed by atoms with Gasteiger partial charge in [-0.2, -0.15) is 8.42 Å². The molecule has 2 aliphatic heterocycles. The van der Waals surface area contributed by atoms with Crippen LogP contribution in [0.15, 0.2) is 24.3 Å². The molecule has 1 aromatic rings. The number of ether oxygens (including phenoxy) is 2. The Kier molecular flexibility index (Phi) is 5.59. The molecule has 1 aromatic carbocycles. The number of hydrogen-bond donors (Lipinski definition) is 0. The molecule has 0 unspecified atom stereocenters. The van der Waals surface area contributed by atoms with Crippen LogP contribution in [0, 0.1) is 16.7 Å². The highest BCUT2D eigenvalue weighted by Gasteiger charge is 2.65. The Labute approximate surface area is 195 Å². The van der Waals surface area contributed by atoms with E-state index in [1.165, 1.54) is 0 Å². The number of ketones is 1. The number of Topliss-reactive ketones (excluding diaryl/α,β-unsaturated/α-hetero) is 1. The van der Waals surface area contributed by atoms with Gasteiger partial charge in [0.2, 0.25) is 0 Å². The third kappa shape index (κ3) is 4.20. The molecule has 5 rings (SSSR count). The van der Waals surface area contributed by atoms with E-state index in [0.717, 1.165) is 37.7 Å². The van der Waals surface area contributed by atoms with Crippen molar-refractivity contribution in [2.75, 3.05) is 5.75 Å². The van der Waals surface area contributed by atoms with Crippen molar-refractivity contribution >= 4 is 21.9 Å². The first kappa shape index (κ1) is 22.8. The van der Waals surface area contributed by atoms with Gasteiger partial charge in [0, 0.05) is 19.3 Å². The maximum absolute atomic E-state index is 12.9. The first-order valence-electron chi connectivity index (χ1n) is 12.0. The van der Waals surface area contributed by atoms with E-state index in [0.29, 0.717) is 19.3 Å². The number of rotatable bonds is 7. The standard InChI is InChI=1S/C25H32O7S/c1-24(2)17-9-10-25(24,22(26)11-17)15-33(28,29)32-18-6-3-16(4-7-18)5-8-19-12-20-13-21(30-19)14-23(27)31-20/h3-4,6-7,17,19-21H,5,8-15H2,1-2H3/t17-,19+,20-,21+,25-/m1/s1. The van der Waals surface area contributed by atoms with E-state index in [-0.39, 0.29) is 52.9 Å². The molecular weight excluding hydrogens is 444 g/mol. The van der Waals surface area contributed by atoms with E-state index in [1.54, 1.807) is 12.1 Å². The molecule has 4 bridgehead atoms. The summed E-state index contributed by atoms with van der Waals surface area (Å²) >= 11 is 0. The number of esters is 1. The van der Waals surface area contributed by atoms with Crippen LogP contribution in [0.25, 0.3) is 0 Å². The third-order valence-corrected chi connectivity index (χ3v) is 9.89. The molecule has 180 valence electrons. The van der Waals surface area contributed by atoms with Crippen molar-refractivity contribution in [1.82, 2.24) is 0 Å². The first-order chi connectivity index (χ1) is 15.6. The lowest BCUT2D eigenvalue weighted by atomic mass is 9.70. The van der Waals surface area contributed by atoms with Gasteiger partial charge in [0.25, 0.3) is 0 Å². The second-order valence-corrected chi connectivity index (χ2v) is 12.4. The smallest absolute Gasteiger partial charge is 0.310 e. The average molecular weight is 477 g/mol. The molecule has 0 aromatic heterocycles. The molecule has 2 aliphatic carbocycles. The SMILES string of the molecule is CC1(C)[C@@H]2CC[C@@]1(CS(=O)(=O)Oc1ccc(CC[C@H]3C[C@@H]4C[C@@H](CC(=O)O4)O3)cc1)C(=O)C2. The lowest BCUT2D eigenvalue weighted by Crippen LogP contribution is -2.43. The fourth-order valence-corrected chi connectivity index (χ4v) is 8.27. The third-order valence-electron chi connectivity index (χ3n) is 8.59. The summed E-state index contributed by atoms with van der Waals surface area (Å²) < 4.78 is 42.6. The molecule has 0 radical (unpaired) electrons. The number of aryl methyl sites for hydroxylation is 1. The van der Waals surface area contributed by atoms with Gasteiger partial charge in [-0.15, -0.1) is 0 Å². The van der Waals surface area contributed by atoms with Crippen molar-refractivity contribution in [3.63, 3.8) is 0 Å². The molecular formula is C25H32O7S. The van der Waals surface area contributed by atoms with Gasteiger partial charge >= 0.3 is 16.1 Å². The van der Waals surface area contributed by atoms with E-state index < -0.39 is 15.5 Å². The Morgan fingerprint density at radius 1 is 1.06 bits per heavy atom. The molecule has 5 atom stereocenters. The van der Waals surface area contributed by atoms with Gasteiger partial charge < -0.3 is 13.7 Å². The molecule has 33 heavy (non-hydrogen) atoms. The first-order valence-corrected chi connectivity index (χ1v) is 13.5. The van der Waals surface area contributed by atoms with Crippen LogP contribution in [-0.4, -0.2) is 44.2 Å². The van der Waals surface area contributed by atoms with Gasteiger partial charge in [0.15, 0.2) is 0 Å². The zero-order chi connectivity index (χ0) is 23.4. The van der Waals surface area contributed by atoms with E-state index in [4.69, 9.17) is 13.7 Å². The minimum Gasteiger partial charge on any atom is -0.462 e. The fourth-order valence-electron chi connectivity index (χ4n) is 6.52. The van der Waals surface area contributed by atoms with Crippen molar-refractivity contribution < 1.29 is 31.7 Å². The molecule has 4 aliphatic rings. The van der Waals surface area contributed by atoms with Crippen LogP contribution in [-0.2, 0) is 35.6 Å². The Morgan fingerprint density at radius 2 is 1.82 bits per heavy atom. The van der Waals surface area contributed by atoms with Crippen LogP contribution in [0.3, 0.4) is 0 Å². The summed E-state index contributed by atoms with van der Waals surface area (Å²) in [4.78, 5) is 24.2. The van der Waals surface area contributed by atoms with Crippen molar-refractivity contribution in [1.29, 1.82) is 0 Å². The van der Waals surface area contributed by atoms with E-state index in [1.807, 2.05) is 26.0 Å². The summed E-state index contributed by atoms with van der Waals surface area (Å²) in [6, 6.07) is 7.07. The average Bonchev–Trinajstić information content (AvgIpc) is 3.06. The number of fused-ring (bicyclic) bond motifs is 4. The van der Waals surface area contributed by atoms with Crippen molar-refractivity contribution in [2.45, 2.75) is 83.5 Å². The van der Waals surface area contributed by atoms with Gasteiger partial charge in [-0.3, -0.25) is 9.59 Å². The molecule has 0 N–H and O–H groups in total. The minimum absolute atomic E-state index is 0.0395. The summed E-state index contributed by atoms with van der Waals surface area (Å²) in [6.45, 7) is 4.04. The predicted molar refractivity (Wildman–Crippen MR) is 120 cm³/mol. The molecule has 0 spiro atoms. The predicted octanol–water partition coefficient (Wildman–Crippen LogP) is 3.59. The van der Waals surface area contributed by atoms with Crippen molar-refractivity contribution in [2.24, 2.45) is 16.7 Å². The fraction of sp³-hybridized carbons (Fsp3) is 0.680.